The third-order valence-electron chi connectivity index (χ3n) is 4.73. The van der Waals surface area contributed by atoms with Crippen LogP contribution in [-0.2, 0) is 10.0 Å². The molecule has 0 fully saturated rings. The van der Waals surface area contributed by atoms with Crippen LogP contribution in [0.2, 0.25) is 0 Å². The monoisotopic (exact) mass is 447 g/mol. The topological polar surface area (TPSA) is 97.2 Å². The molecule has 0 bridgehead atoms. The fourth-order valence-electron chi connectivity index (χ4n) is 3.04. The van der Waals surface area contributed by atoms with Crippen LogP contribution in [0.4, 0.5) is 5.69 Å². The van der Waals surface area contributed by atoms with Crippen LogP contribution in [0.25, 0.3) is 17.1 Å². The van der Waals surface area contributed by atoms with Gasteiger partial charge < -0.3 is 5.32 Å². The van der Waals surface area contributed by atoms with Crippen LogP contribution in [-0.4, -0.2) is 47.5 Å². The maximum atomic E-state index is 12.9. The molecule has 9 heteroatoms. The summed E-state index contributed by atoms with van der Waals surface area (Å²) in [4.78, 5) is 17.5. The molecule has 3 aromatic carbocycles. The molecule has 0 saturated heterocycles. The number of benzene rings is 3. The van der Waals surface area contributed by atoms with E-state index in [1.807, 2.05) is 60.7 Å². The van der Waals surface area contributed by atoms with Gasteiger partial charge in [-0.05, 0) is 36.4 Å². The maximum absolute atomic E-state index is 12.9. The Morgan fingerprint density at radius 3 is 2.06 bits per heavy atom. The van der Waals surface area contributed by atoms with Crippen molar-refractivity contribution in [3.63, 3.8) is 0 Å². The summed E-state index contributed by atoms with van der Waals surface area (Å²) in [7, 11) is -0.621. The predicted octanol–water partition coefficient (Wildman–Crippen LogP) is 3.44. The summed E-state index contributed by atoms with van der Waals surface area (Å²) in [6, 6.07) is 24.9. The van der Waals surface area contributed by atoms with Crippen molar-refractivity contribution in [2.24, 2.45) is 0 Å². The van der Waals surface area contributed by atoms with Crippen molar-refractivity contribution in [2.45, 2.75) is 4.90 Å². The van der Waals surface area contributed by atoms with Crippen LogP contribution in [0.1, 0.15) is 10.6 Å². The molecule has 0 unspecified atom stereocenters. The number of rotatable bonds is 6. The molecular weight excluding hydrogens is 426 g/mol. The van der Waals surface area contributed by atoms with Crippen LogP contribution in [0.15, 0.2) is 89.8 Å². The highest BCUT2D eigenvalue weighted by Crippen LogP contribution is 2.22. The lowest BCUT2D eigenvalue weighted by molar-refractivity contribution is 0.101. The minimum Gasteiger partial charge on any atom is -0.319 e. The Kier molecular flexibility index (Phi) is 5.85. The normalized spacial score (nSPS) is 11.5. The molecular formula is C23H21N5O3S. The summed E-state index contributed by atoms with van der Waals surface area (Å²) >= 11 is 0. The molecule has 32 heavy (non-hydrogen) atoms. The Morgan fingerprint density at radius 1 is 0.875 bits per heavy atom. The number of hydrogen-bond acceptors (Lipinski definition) is 5. The highest BCUT2D eigenvalue weighted by Gasteiger charge is 2.20. The molecule has 1 aromatic heterocycles. The number of aromatic nitrogens is 3. The largest absolute Gasteiger partial charge is 0.319 e. The van der Waals surface area contributed by atoms with Crippen molar-refractivity contribution in [1.82, 2.24) is 19.1 Å². The zero-order valence-corrected chi connectivity index (χ0v) is 18.3. The molecule has 1 amide bonds. The average molecular weight is 448 g/mol. The highest BCUT2D eigenvalue weighted by atomic mass is 32.2. The van der Waals surface area contributed by atoms with Gasteiger partial charge in [0.25, 0.3) is 5.91 Å². The summed E-state index contributed by atoms with van der Waals surface area (Å²) in [6.45, 7) is 0. The van der Waals surface area contributed by atoms with E-state index >= 15 is 0 Å². The Bertz CT molecular complexity index is 1280. The molecule has 162 valence electrons. The van der Waals surface area contributed by atoms with Gasteiger partial charge in [-0.25, -0.2) is 22.4 Å². The van der Waals surface area contributed by atoms with E-state index < -0.39 is 15.9 Å². The summed E-state index contributed by atoms with van der Waals surface area (Å²) in [5.41, 5.74) is 2.03. The summed E-state index contributed by atoms with van der Waals surface area (Å²) in [6.07, 6.45) is 0. The SMILES string of the molecule is CN(C)S(=O)(=O)c1ccc(NC(=O)c2nc(-c3ccccc3)n(-c3ccccc3)n2)cc1. The number of carbonyl (C=O) groups excluding carboxylic acids is 1. The second kappa shape index (κ2) is 8.74. The van der Waals surface area contributed by atoms with Crippen molar-refractivity contribution in [1.29, 1.82) is 0 Å². The number of sulfonamides is 1. The third kappa shape index (κ3) is 4.29. The second-order valence-electron chi connectivity index (χ2n) is 7.14. The predicted molar refractivity (Wildman–Crippen MR) is 122 cm³/mol. The van der Waals surface area contributed by atoms with Gasteiger partial charge in [-0.2, -0.15) is 0 Å². The molecule has 8 nitrogen and oxygen atoms in total. The molecule has 1 N–H and O–H groups in total. The lowest BCUT2D eigenvalue weighted by Crippen LogP contribution is -2.22. The van der Waals surface area contributed by atoms with E-state index in [-0.39, 0.29) is 10.7 Å². The molecule has 0 aliphatic heterocycles. The summed E-state index contributed by atoms with van der Waals surface area (Å²) in [5, 5.41) is 7.15. The first-order valence-corrected chi connectivity index (χ1v) is 11.2. The smallest absolute Gasteiger partial charge is 0.295 e. The quantitative estimate of drug-likeness (QED) is 0.488. The van der Waals surface area contributed by atoms with E-state index in [1.54, 1.807) is 4.68 Å². The molecule has 4 rings (SSSR count). The Labute approximate surface area is 186 Å². The van der Waals surface area contributed by atoms with E-state index in [1.165, 1.54) is 38.4 Å². The van der Waals surface area contributed by atoms with Crippen LogP contribution in [0.3, 0.4) is 0 Å². The van der Waals surface area contributed by atoms with Crippen LogP contribution in [0.5, 0.6) is 0 Å². The Hall–Kier alpha value is -3.82. The first-order chi connectivity index (χ1) is 15.4. The lowest BCUT2D eigenvalue weighted by atomic mass is 10.2. The molecule has 0 aliphatic carbocycles. The van der Waals surface area contributed by atoms with E-state index in [4.69, 9.17) is 0 Å². The van der Waals surface area contributed by atoms with Crippen molar-refractivity contribution in [3.05, 3.63) is 90.8 Å². The number of anilines is 1. The van der Waals surface area contributed by atoms with Crippen molar-refractivity contribution in [3.8, 4) is 17.1 Å². The number of para-hydroxylation sites is 1. The standard InChI is InChI=1S/C23H21N5O3S/c1-27(2)32(30,31)20-15-13-18(14-16-20)24-23(29)21-25-22(17-9-5-3-6-10-17)28(26-21)19-11-7-4-8-12-19/h3-16H,1-2H3,(H,24,29). The highest BCUT2D eigenvalue weighted by molar-refractivity contribution is 7.89. The van der Waals surface area contributed by atoms with Gasteiger partial charge in [-0.1, -0.05) is 48.5 Å². The van der Waals surface area contributed by atoms with Crippen LogP contribution in [0, 0.1) is 0 Å². The van der Waals surface area contributed by atoms with E-state index in [9.17, 15) is 13.2 Å². The number of nitrogens with zero attached hydrogens (tertiary/aromatic N) is 4. The Balaban J connectivity index is 1.64. The Morgan fingerprint density at radius 2 is 1.47 bits per heavy atom. The van der Waals surface area contributed by atoms with Gasteiger partial charge >= 0.3 is 0 Å². The fraction of sp³-hybridized carbons (Fsp3) is 0.0870. The fourth-order valence-corrected chi connectivity index (χ4v) is 3.94. The van der Waals surface area contributed by atoms with E-state index in [0.717, 1.165) is 15.6 Å². The number of carbonyl (C=O) groups is 1. The minimum atomic E-state index is -3.55. The molecule has 0 radical (unpaired) electrons. The molecule has 0 aliphatic rings. The zero-order chi connectivity index (χ0) is 22.7. The molecule has 4 aromatic rings. The van der Waals surface area contributed by atoms with E-state index in [0.29, 0.717) is 11.5 Å². The number of hydrogen-bond donors (Lipinski definition) is 1. The third-order valence-corrected chi connectivity index (χ3v) is 6.56. The van der Waals surface area contributed by atoms with Crippen molar-refractivity contribution < 1.29 is 13.2 Å². The number of amides is 1. The second-order valence-corrected chi connectivity index (χ2v) is 9.29. The minimum absolute atomic E-state index is 0.00213. The summed E-state index contributed by atoms with van der Waals surface area (Å²) < 4.78 is 27.2. The zero-order valence-electron chi connectivity index (χ0n) is 17.5. The van der Waals surface area contributed by atoms with Crippen LogP contribution >= 0.6 is 0 Å². The van der Waals surface area contributed by atoms with Crippen molar-refractivity contribution in [2.75, 3.05) is 19.4 Å². The van der Waals surface area contributed by atoms with Gasteiger partial charge in [-0.3, -0.25) is 4.79 Å². The molecule has 0 spiro atoms. The first-order valence-electron chi connectivity index (χ1n) is 9.78. The van der Waals surface area contributed by atoms with Gasteiger partial charge in [-0.15, -0.1) is 5.10 Å². The van der Waals surface area contributed by atoms with Crippen LogP contribution < -0.4 is 5.32 Å². The molecule has 0 atom stereocenters. The van der Waals surface area contributed by atoms with Gasteiger partial charge in [0.2, 0.25) is 15.8 Å². The molecule has 0 saturated carbocycles. The van der Waals surface area contributed by atoms with Gasteiger partial charge in [0, 0.05) is 25.3 Å². The van der Waals surface area contributed by atoms with Crippen molar-refractivity contribution >= 4 is 21.6 Å². The number of nitrogens with one attached hydrogen (secondary N) is 1. The average Bonchev–Trinajstić information content (AvgIpc) is 3.26. The lowest BCUT2D eigenvalue weighted by Gasteiger charge is -2.11. The van der Waals surface area contributed by atoms with Gasteiger partial charge in [0.05, 0.1) is 10.6 Å². The first kappa shape index (κ1) is 21.4. The maximum Gasteiger partial charge on any atom is 0.295 e. The van der Waals surface area contributed by atoms with Gasteiger partial charge in [0.15, 0.2) is 5.82 Å². The summed E-state index contributed by atoms with van der Waals surface area (Å²) in [5.74, 6) is 0.0344. The molecule has 1 heterocycles. The van der Waals surface area contributed by atoms with E-state index in [2.05, 4.69) is 15.4 Å². The van der Waals surface area contributed by atoms with Gasteiger partial charge in [0.1, 0.15) is 0 Å².